The molecule has 0 heterocycles. The molecule has 0 aliphatic carbocycles. The first kappa shape index (κ1) is 16.7. The Bertz CT molecular complexity index is 684. The Morgan fingerprint density at radius 2 is 1.74 bits per heavy atom. The lowest BCUT2D eigenvalue weighted by Crippen LogP contribution is -2.26. The lowest BCUT2D eigenvalue weighted by atomic mass is 10.1. The van der Waals surface area contributed by atoms with Crippen LogP contribution < -0.4 is 10.6 Å². The molecule has 2 aromatic carbocycles. The van der Waals surface area contributed by atoms with Gasteiger partial charge in [0.15, 0.2) is 0 Å². The first-order chi connectivity index (χ1) is 11.1. The Hall–Kier alpha value is -2.69. The van der Waals surface area contributed by atoms with Crippen LogP contribution in [0.3, 0.4) is 0 Å². The summed E-state index contributed by atoms with van der Waals surface area (Å²) in [4.78, 5) is 24.2. The van der Waals surface area contributed by atoms with Gasteiger partial charge in [-0.15, -0.1) is 0 Å². The Balaban J connectivity index is 2.05. The topological polar surface area (TPSA) is 58.2 Å². The van der Waals surface area contributed by atoms with Gasteiger partial charge in [-0.25, -0.2) is 4.39 Å². The van der Waals surface area contributed by atoms with Crippen LogP contribution in [0.25, 0.3) is 0 Å². The predicted octanol–water partition coefficient (Wildman–Crippen LogP) is 3.15. The Labute approximate surface area is 134 Å². The summed E-state index contributed by atoms with van der Waals surface area (Å²) >= 11 is 0. The third-order valence-electron chi connectivity index (χ3n) is 3.26. The third kappa shape index (κ3) is 4.92. The lowest BCUT2D eigenvalue weighted by molar-refractivity contribution is -0.115. The van der Waals surface area contributed by atoms with E-state index in [-0.39, 0.29) is 24.1 Å². The smallest absolute Gasteiger partial charge is 0.253 e. The Kier molecular flexibility index (Phi) is 5.86. The molecule has 0 aromatic heterocycles. The van der Waals surface area contributed by atoms with E-state index in [0.29, 0.717) is 23.4 Å². The normalized spacial score (nSPS) is 10.2. The van der Waals surface area contributed by atoms with Crippen LogP contribution in [0.4, 0.5) is 10.1 Å². The van der Waals surface area contributed by atoms with Gasteiger partial charge in [0.1, 0.15) is 5.82 Å². The number of hydrogen-bond acceptors (Lipinski definition) is 2. The van der Waals surface area contributed by atoms with Crippen molar-refractivity contribution in [3.8, 4) is 0 Å². The number of para-hydroxylation sites is 1. The second-order valence-electron chi connectivity index (χ2n) is 5.15. The molecular weight excluding hydrogens is 295 g/mol. The summed E-state index contributed by atoms with van der Waals surface area (Å²) in [5.41, 5.74) is 1.60. The zero-order chi connectivity index (χ0) is 16.7. The minimum atomic E-state index is -0.341. The zero-order valence-corrected chi connectivity index (χ0v) is 12.9. The van der Waals surface area contributed by atoms with Gasteiger partial charge in [-0.05, 0) is 36.2 Å². The van der Waals surface area contributed by atoms with Gasteiger partial charge in [0.05, 0.1) is 17.7 Å². The molecule has 0 saturated carbocycles. The molecule has 0 atom stereocenters. The molecule has 23 heavy (non-hydrogen) atoms. The van der Waals surface area contributed by atoms with Crippen LogP contribution in [-0.4, -0.2) is 18.4 Å². The molecule has 2 amide bonds. The van der Waals surface area contributed by atoms with Crippen LogP contribution in [0.2, 0.25) is 0 Å². The van der Waals surface area contributed by atoms with Crippen LogP contribution in [-0.2, 0) is 11.2 Å². The van der Waals surface area contributed by atoms with Crippen molar-refractivity contribution in [1.82, 2.24) is 5.32 Å². The van der Waals surface area contributed by atoms with Crippen molar-refractivity contribution in [2.24, 2.45) is 0 Å². The lowest BCUT2D eigenvalue weighted by Gasteiger charge is -2.11. The SMILES string of the molecule is CCCNC(=O)c1ccccc1NC(=O)Cc1ccc(F)cc1. The van der Waals surface area contributed by atoms with E-state index in [2.05, 4.69) is 10.6 Å². The summed E-state index contributed by atoms with van der Waals surface area (Å²) < 4.78 is 12.9. The van der Waals surface area contributed by atoms with E-state index in [4.69, 9.17) is 0 Å². The van der Waals surface area contributed by atoms with Crippen molar-refractivity contribution in [2.75, 3.05) is 11.9 Å². The van der Waals surface area contributed by atoms with Gasteiger partial charge in [0, 0.05) is 6.54 Å². The Morgan fingerprint density at radius 1 is 1.04 bits per heavy atom. The summed E-state index contributed by atoms with van der Waals surface area (Å²) in [5.74, 6) is -0.816. The minimum absolute atomic E-state index is 0.116. The second kappa shape index (κ2) is 8.08. The highest BCUT2D eigenvalue weighted by atomic mass is 19.1. The van der Waals surface area contributed by atoms with Crippen molar-refractivity contribution < 1.29 is 14.0 Å². The molecule has 5 heteroatoms. The number of amides is 2. The largest absolute Gasteiger partial charge is 0.352 e. The quantitative estimate of drug-likeness (QED) is 0.860. The highest BCUT2D eigenvalue weighted by Gasteiger charge is 2.12. The van der Waals surface area contributed by atoms with Crippen LogP contribution in [0, 0.1) is 5.82 Å². The van der Waals surface area contributed by atoms with Gasteiger partial charge in [-0.2, -0.15) is 0 Å². The van der Waals surface area contributed by atoms with Crippen molar-refractivity contribution in [2.45, 2.75) is 19.8 Å². The molecule has 0 spiro atoms. The molecule has 0 aliphatic heterocycles. The first-order valence-corrected chi connectivity index (χ1v) is 7.51. The number of anilines is 1. The van der Waals surface area contributed by atoms with Crippen molar-refractivity contribution in [3.05, 3.63) is 65.5 Å². The van der Waals surface area contributed by atoms with E-state index >= 15 is 0 Å². The van der Waals surface area contributed by atoms with Crippen LogP contribution in [0.15, 0.2) is 48.5 Å². The highest BCUT2D eigenvalue weighted by Crippen LogP contribution is 2.15. The molecule has 0 unspecified atom stereocenters. The maximum Gasteiger partial charge on any atom is 0.253 e. The van der Waals surface area contributed by atoms with Crippen molar-refractivity contribution in [3.63, 3.8) is 0 Å². The van der Waals surface area contributed by atoms with Crippen molar-refractivity contribution >= 4 is 17.5 Å². The van der Waals surface area contributed by atoms with Gasteiger partial charge >= 0.3 is 0 Å². The van der Waals surface area contributed by atoms with E-state index < -0.39 is 0 Å². The monoisotopic (exact) mass is 314 g/mol. The van der Waals surface area contributed by atoms with E-state index in [1.165, 1.54) is 12.1 Å². The fraction of sp³-hybridized carbons (Fsp3) is 0.222. The molecule has 0 aliphatic rings. The van der Waals surface area contributed by atoms with Crippen LogP contribution in [0.5, 0.6) is 0 Å². The van der Waals surface area contributed by atoms with Gasteiger partial charge in [0.25, 0.3) is 5.91 Å². The number of hydrogen-bond donors (Lipinski definition) is 2. The summed E-state index contributed by atoms with van der Waals surface area (Å²) in [6.07, 6.45) is 0.954. The average molecular weight is 314 g/mol. The number of carbonyl (C=O) groups excluding carboxylic acids is 2. The number of carbonyl (C=O) groups is 2. The first-order valence-electron chi connectivity index (χ1n) is 7.51. The highest BCUT2D eigenvalue weighted by molar-refractivity contribution is 6.04. The summed E-state index contributed by atoms with van der Waals surface area (Å²) in [6, 6.07) is 12.6. The van der Waals surface area contributed by atoms with Crippen LogP contribution in [0.1, 0.15) is 29.3 Å². The summed E-state index contributed by atoms with van der Waals surface area (Å²) in [5, 5.41) is 5.52. The average Bonchev–Trinajstić information content (AvgIpc) is 2.55. The van der Waals surface area contributed by atoms with Gasteiger partial charge < -0.3 is 10.6 Å². The molecule has 0 bridgehead atoms. The fourth-order valence-corrected chi connectivity index (χ4v) is 2.11. The molecule has 2 rings (SSSR count). The van der Waals surface area contributed by atoms with E-state index in [9.17, 15) is 14.0 Å². The Morgan fingerprint density at radius 3 is 2.43 bits per heavy atom. The van der Waals surface area contributed by atoms with Gasteiger partial charge in [-0.1, -0.05) is 31.2 Å². The van der Waals surface area contributed by atoms with Gasteiger partial charge in [-0.3, -0.25) is 9.59 Å². The van der Waals surface area contributed by atoms with E-state index in [0.717, 1.165) is 6.42 Å². The molecule has 120 valence electrons. The van der Waals surface area contributed by atoms with Crippen LogP contribution >= 0.6 is 0 Å². The fourth-order valence-electron chi connectivity index (χ4n) is 2.11. The van der Waals surface area contributed by atoms with E-state index in [1.807, 2.05) is 6.92 Å². The third-order valence-corrected chi connectivity index (χ3v) is 3.26. The zero-order valence-electron chi connectivity index (χ0n) is 12.9. The predicted molar refractivity (Wildman–Crippen MR) is 87.8 cm³/mol. The minimum Gasteiger partial charge on any atom is -0.352 e. The molecule has 0 saturated heterocycles. The number of nitrogens with one attached hydrogen (secondary N) is 2. The maximum absolute atomic E-state index is 12.9. The molecule has 2 N–H and O–H groups in total. The molecule has 2 aromatic rings. The van der Waals surface area contributed by atoms with Crippen molar-refractivity contribution in [1.29, 1.82) is 0 Å². The molecule has 0 fully saturated rings. The second-order valence-corrected chi connectivity index (χ2v) is 5.15. The standard InChI is InChI=1S/C18H19FN2O2/c1-2-11-20-18(23)15-5-3-4-6-16(15)21-17(22)12-13-7-9-14(19)10-8-13/h3-10H,2,11-12H2,1H3,(H,20,23)(H,21,22). The summed E-state index contributed by atoms with van der Waals surface area (Å²) in [7, 11) is 0. The molecule has 4 nitrogen and oxygen atoms in total. The number of halogens is 1. The number of benzene rings is 2. The summed E-state index contributed by atoms with van der Waals surface area (Å²) in [6.45, 7) is 2.55. The maximum atomic E-state index is 12.9. The molecular formula is C18H19FN2O2. The number of rotatable bonds is 6. The molecule has 0 radical (unpaired) electrons. The van der Waals surface area contributed by atoms with Gasteiger partial charge in [0.2, 0.25) is 5.91 Å². The van der Waals surface area contributed by atoms with E-state index in [1.54, 1.807) is 36.4 Å².